The largest absolute Gasteiger partial charge is 0.496 e. The van der Waals surface area contributed by atoms with Gasteiger partial charge in [0.05, 0.1) is 13.3 Å². The molecular formula is C17H14F2N4O2. The number of ether oxygens (including phenoxy) is 2. The number of halogens is 2. The van der Waals surface area contributed by atoms with E-state index in [4.69, 9.17) is 9.47 Å². The summed E-state index contributed by atoms with van der Waals surface area (Å²) in [5.41, 5.74) is 1.48. The van der Waals surface area contributed by atoms with Crippen LogP contribution >= 0.6 is 0 Å². The maximum atomic E-state index is 13.7. The Morgan fingerprint density at radius 1 is 1.08 bits per heavy atom. The van der Waals surface area contributed by atoms with Crippen molar-refractivity contribution >= 4 is 6.21 Å². The van der Waals surface area contributed by atoms with Crippen LogP contribution in [0.3, 0.4) is 0 Å². The quantitative estimate of drug-likeness (QED) is 0.645. The van der Waals surface area contributed by atoms with E-state index in [1.165, 1.54) is 30.5 Å². The fourth-order valence-electron chi connectivity index (χ4n) is 2.13. The van der Waals surface area contributed by atoms with E-state index >= 15 is 0 Å². The van der Waals surface area contributed by atoms with E-state index in [0.717, 1.165) is 17.7 Å². The van der Waals surface area contributed by atoms with Crippen molar-refractivity contribution in [2.24, 2.45) is 5.10 Å². The summed E-state index contributed by atoms with van der Waals surface area (Å²) in [7, 11) is 1.53. The van der Waals surface area contributed by atoms with Crippen molar-refractivity contribution in [3.63, 3.8) is 0 Å². The summed E-state index contributed by atoms with van der Waals surface area (Å²) in [4.78, 5) is 0. The monoisotopic (exact) mass is 344 g/mol. The van der Waals surface area contributed by atoms with Gasteiger partial charge in [-0.1, -0.05) is 0 Å². The average molecular weight is 344 g/mol. The molecule has 0 atom stereocenters. The summed E-state index contributed by atoms with van der Waals surface area (Å²) in [6.45, 7) is 0.0556. The molecule has 128 valence electrons. The minimum Gasteiger partial charge on any atom is -0.496 e. The minimum atomic E-state index is -0.760. The molecule has 2 aromatic carbocycles. The van der Waals surface area contributed by atoms with E-state index in [1.807, 2.05) is 6.07 Å². The Labute approximate surface area is 142 Å². The maximum Gasteiger partial charge on any atom is 0.167 e. The molecule has 0 N–H and O–H groups in total. The van der Waals surface area contributed by atoms with Crippen molar-refractivity contribution in [1.82, 2.24) is 14.9 Å². The molecule has 0 aliphatic carbocycles. The molecule has 0 saturated carbocycles. The predicted molar refractivity (Wildman–Crippen MR) is 86.7 cm³/mol. The summed E-state index contributed by atoms with van der Waals surface area (Å²) in [5, 5.41) is 11.5. The van der Waals surface area contributed by atoms with Crippen molar-refractivity contribution in [3.8, 4) is 11.5 Å². The van der Waals surface area contributed by atoms with E-state index in [0.29, 0.717) is 11.3 Å². The third-order valence-electron chi connectivity index (χ3n) is 3.33. The maximum absolute atomic E-state index is 13.7. The Kier molecular flexibility index (Phi) is 4.98. The molecule has 0 amide bonds. The Morgan fingerprint density at radius 2 is 1.84 bits per heavy atom. The van der Waals surface area contributed by atoms with Gasteiger partial charge >= 0.3 is 0 Å². The second-order valence-corrected chi connectivity index (χ2v) is 5.02. The third kappa shape index (κ3) is 4.17. The Bertz CT molecular complexity index is 882. The molecule has 0 radical (unpaired) electrons. The lowest BCUT2D eigenvalue weighted by atomic mass is 10.1. The Morgan fingerprint density at radius 3 is 2.56 bits per heavy atom. The van der Waals surface area contributed by atoms with Crippen LogP contribution in [-0.2, 0) is 6.61 Å². The molecule has 0 saturated heterocycles. The highest BCUT2D eigenvalue weighted by atomic mass is 19.1. The topological polar surface area (TPSA) is 61.5 Å². The first-order valence-electron chi connectivity index (χ1n) is 7.29. The molecule has 3 aromatic rings. The molecule has 3 rings (SSSR count). The van der Waals surface area contributed by atoms with Crippen LogP contribution in [0.4, 0.5) is 8.78 Å². The minimum absolute atomic E-state index is 0.0352. The van der Waals surface area contributed by atoms with Gasteiger partial charge in [-0.2, -0.15) is 5.10 Å². The second-order valence-electron chi connectivity index (χ2n) is 5.02. The van der Waals surface area contributed by atoms with E-state index in [9.17, 15) is 8.78 Å². The van der Waals surface area contributed by atoms with Crippen molar-refractivity contribution in [1.29, 1.82) is 0 Å². The summed E-state index contributed by atoms with van der Waals surface area (Å²) >= 11 is 0. The van der Waals surface area contributed by atoms with Gasteiger partial charge in [0.2, 0.25) is 0 Å². The Balaban J connectivity index is 1.78. The zero-order valence-corrected chi connectivity index (χ0v) is 13.3. The van der Waals surface area contributed by atoms with Gasteiger partial charge < -0.3 is 9.47 Å². The van der Waals surface area contributed by atoms with E-state index in [2.05, 4.69) is 15.3 Å². The highest BCUT2D eigenvalue weighted by molar-refractivity contribution is 5.80. The van der Waals surface area contributed by atoms with Crippen LogP contribution in [0.25, 0.3) is 0 Å². The van der Waals surface area contributed by atoms with Gasteiger partial charge in [-0.25, -0.2) is 13.5 Å². The lowest BCUT2D eigenvalue weighted by Crippen LogP contribution is -2.01. The van der Waals surface area contributed by atoms with Gasteiger partial charge in [0.25, 0.3) is 0 Å². The van der Waals surface area contributed by atoms with Crippen LogP contribution in [0, 0.1) is 11.6 Å². The smallest absolute Gasteiger partial charge is 0.167 e. The first-order chi connectivity index (χ1) is 12.2. The molecular weight excluding hydrogens is 330 g/mol. The number of methoxy groups -OCH3 is 1. The molecule has 0 bridgehead atoms. The highest BCUT2D eigenvalue weighted by Crippen LogP contribution is 2.23. The zero-order valence-electron chi connectivity index (χ0n) is 13.3. The molecule has 6 nitrogen and oxygen atoms in total. The number of aromatic nitrogens is 3. The van der Waals surface area contributed by atoms with Crippen molar-refractivity contribution in [3.05, 3.63) is 71.8 Å². The number of rotatable bonds is 6. The Hall–Kier alpha value is -3.29. The van der Waals surface area contributed by atoms with Gasteiger partial charge in [0.1, 0.15) is 30.8 Å². The fraction of sp³-hybridized carbons (Fsp3) is 0.118. The van der Waals surface area contributed by atoms with E-state index in [-0.39, 0.29) is 12.4 Å². The number of hydrogen-bond acceptors (Lipinski definition) is 5. The molecule has 0 aliphatic rings. The summed E-state index contributed by atoms with van der Waals surface area (Å²) < 4.78 is 38.8. The fourth-order valence-corrected chi connectivity index (χ4v) is 2.13. The molecule has 0 unspecified atom stereocenters. The van der Waals surface area contributed by atoms with Crippen LogP contribution in [0.2, 0.25) is 0 Å². The first-order valence-corrected chi connectivity index (χ1v) is 7.29. The van der Waals surface area contributed by atoms with E-state index in [1.54, 1.807) is 18.3 Å². The molecule has 0 aliphatic heterocycles. The lowest BCUT2D eigenvalue weighted by Gasteiger charge is -2.11. The van der Waals surface area contributed by atoms with Crippen LogP contribution in [0.1, 0.15) is 11.1 Å². The van der Waals surface area contributed by atoms with Crippen molar-refractivity contribution in [2.45, 2.75) is 6.61 Å². The highest BCUT2D eigenvalue weighted by Gasteiger charge is 2.09. The van der Waals surface area contributed by atoms with Crippen LogP contribution in [0.15, 0.2) is 54.2 Å². The summed E-state index contributed by atoms with van der Waals surface area (Å²) in [6, 6.07) is 8.52. The van der Waals surface area contributed by atoms with Gasteiger partial charge in [0, 0.05) is 11.6 Å². The zero-order chi connectivity index (χ0) is 17.6. The molecule has 0 spiro atoms. The SMILES string of the molecule is COc1ccc(/C=N/n2cnnc2)cc1COc1ccc(F)cc1F. The molecule has 0 fully saturated rings. The first kappa shape index (κ1) is 16.6. The predicted octanol–water partition coefficient (Wildman–Crippen LogP) is 3.03. The average Bonchev–Trinajstić information content (AvgIpc) is 3.13. The van der Waals surface area contributed by atoms with Gasteiger partial charge in [-0.05, 0) is 35.9 Å². The van der Waals surface area contributed by atoms with Crippen LogP contribution in [0.5, 0.6) is 11.5 Å². The molecule has 1 aromatic heterocycles. The standard InChI is InChI=1S/C17H14F2N4O2/c1-24-16-4-2-12(8-22-23-10-20-21-11-23)6-13(16)9-25-17-5-3-14(18)7-15(17)19/h2-8,10-11H,9H2,1H3/b22-8+. The molecule has 25 heavy (non-hydrogen) atoms. The molecule has 1 heterocycles. The van der Waals surface area contributed by atoms with Gasteiger partial charge in [0.15, 0.2) is 11.6 Å². The molecule has 8 heteroatoms. The van der Waals surface area contributed by atoms with E-state index < -0.39 is 11.6 Å². The third-order valence-corrected chi connectivity index (χ3v) is 3.33. The lowest BCUT2D eigenvalue weighted by molar-refractivity contribution is 0.282. The van der Waals surface area contributed by atoms with Crippen LogP contribution in [-0.4, -0.2) is 28.2 Å². The van der Waals surface area contributed by atoms with Gasteiger partial charge in [-0.15, -0.1) is 10.2 Å². The number of hydrogen-bond donors (Lipinski definition) is 0. The van der Waals surface area contributed by atoms with Crippen molar-refractivity contribution < 1.29 is 18.3 Å². The van der Waals surface area contributed by atoms with Crippen LogP contribution < -0.4 is 9.47 Å². The second kappa shape index (κ2) is 7.52. The van der Waals surface area contributed by atoms with Gasteiger partial charge in [-0.3, -0.25) is 0 Å². The van der Waals surface area contributed by atoms with Crippen molar-refractivity contribution in [2.75, 3.05) is 7.11 Å². The number of benzene rings is 2. The number of nitrogens with zero attached hydrogens (tertiary/aromatic N) is 4. The summed E-state index contributed by atoms with van der Waals surface area (Å²) in [6.07, 6.45) is 4.54. The normalized spacial score (nSPS) is 11.0. The summed E-state index contributed by atoms with van der Waals surface area (Å²) in [5.74, 6) is -0.866.